The molecule has 0 radical (unpaired) electrons. The second kappa shape index (κ2) is 4.51. The first-order valence-electron chi connectivity index (χ1n) is 7.65. The van der Waals surface area contributed by atoms with Gasteiger partial charge in [-0.15, -0.1) is 0 Å². The number of rotatable bonds is 2. The first-order chi connectivity index (χ1) is 9.66. The topological polar surface area (TPSA) is 74.4 Å². The van der Waals surface area contributed by atoms with E-state index in [1.807, 2.05) is 0 Å². The fraction of sp³-hybridized carbons (Fsp3) is 0.857. The van der Waals surface area contributed by atoms with Crippen molar-refractivity contribution >= 4 is 0 Å². The fourth-order valence-electron chi connectivity index (χ4n) is 4.07. The van der Waals surface area contributed by atoms with Crippen LogP contribution in [0.15, 0.2) is 4.52 Å². The molecule has 2 bridgehead atoms. The second-order valence-electron chi connectivity index (χ2n) is 6.63. The Morgan fingerprint density at radius 2 is 2.10 bits per heavy atom. The van der Waals surface area contributed by atoms with E-state index in [0.717, 1.165) is 25.2 Å². The molecule has 6 heteroatoms. The number of hydrogen-bond acceptors (Lipinski definition) is 6. The van der Waals surface area contributed by atoms with Gasteiger partial charge in [0.1, 0.15) is 0 Å². The Labute approximate surface area is 118 Å². The molecule has 110 valence electrons. The minimum Gasteiger partial charge on any atom is -0.379 e. The number of fused-ring (bicyclic) bond motifs is 2. The molecule has 2 N–H and O–H groups in total. The zero-order chi connectivity index (χ0) is 13.7. The van der Waals surface area contributed by atoms with E-state index in [1.165, 1.54) is 12.8 Å². The van der Waals surface area contributed by atoms with Gasteiger partial charge in [-0.1, -0.05) is 5.16 Å². The smallest absolute Gasteiger partial charge is 0.259 e. The van der Waals surface area contributed by atoms with E-state index in [0.29, 0.717) is 36.9 Å². The largest absolute Gasteiger partial charge is 0.379 e. The summed E-state index contributed by atoms with van der Waals surface area (Å²) in [7, 11) is 2.23. The minimum atomic E-state index is -0.963. The van der Waals surface area contributed by atoms with Crippen molar-refractivity contribution in [1.82, 2.24) is 20.4 Å². The first kappa shape index (κ1) is 12.7. The first-order valence-corrected chi connectivity index (χ1v) is 7.65. The molecule has 3 aliphatic rings. The third-order valence-corrected chi connectivity index (χ3v) is 5.44. The number of aromatic nitrogens is 2. The number of nitrogens with one attached hydrogen (secondary N) is 1. The van der Waals surface area contributed by atoms with Crippen LogP contribution in [0.25, 0.3) is 0 Å². The Bertz CT molecular complexity index is 483. The number of piperidine rings is 1. The maximum atomic E-state index is 10.5. The molecule has 0 aromatic carbocycles. The summed E-state index contributed by atoms with van der Waals surface area (Å²) in [4.78, 5) is 7.03. The average molecular weight is 278 g/mol. The highest BCUT2D eigenvalue weighted by Gasteiger charge is 2.42. The molecule has 20 heavy (non-hydrogen) atoms. The molecule has 4 heterocycles. The van der Waals surface area contributed by atoms with Crippen molar-refractivity contribution in [2.45, 2.75) is 55.7 Å². The van der Waals surface area contributed by atoms with E-state index in [9.17, 15) is 5.11 Å². The summed E-state index contributed by atoms with van der Waals surface area (Å²) >= 11 is 0. The molecule has 1 aromatic rings. The predicted octanol–water partition coefficient (Wildman–Crippen LogP) is 0.591. The minimum absolute atomic E-state index is 0.388. The van der Waals surface area contributed by atoms with Crippen LogP contribution in [0.2, 0.25) is 0 Å². The lowest BCUT2D eigenvalue weighted by Gasteiger charge is -2.34. The molecule has 0 spiro atoms. The van der Waals surface area contributed by atoms with E-state index in [4.69, 9.17) is 4.52 Å². The molecule has 3 unspecified atom stereocenters. The number of hydrogen-bond donors (Lipinski definition) is 2. The van der Waals surface area contributed by atoms with Crippen molar-refractivity contribution in [3.05, 3.63) is 11.7 Å². The van der Waals surface area contributed by atoms with Crippen LogP contribution < -0.4 is 5.32 Å². The SMILES string of the molecule is CN1C2CCC1CC(c1noc(C3(O)CCNC3)n1)C2. The van der Waals surface area contributed by atoms with Gasteiger partial charge in [0.2, 0.25) is 0 Å². The normalized spacial score (nSPS) is 41.4. The summed E-state index contributed by atoms with van der Waals surface area (Å²) in [6.45, 7) is 1.31. The van der Waals surface area contributed by atoms with Gasteiger partial charge >= 0.3 is 0 Å². The fourth-order valence-corrected chi connectivity index (χ4v) is 4.07. The van der Waals surface area contributed by atoms with Crippen molar-refractivity contribution in [1.29, 1.82) is 0 Å². The zero-order valence-electron chi connectivity index (χ0n) is 11.9. The molecule has 3 saturated heterocycles. The van der Waals surface area contributed by atoms with E-state index in [-0.39, 0.29) is 0 Å². The van der Waals surface area contributed by atoms with Crippen molar-refractivity contribution in [2.75, 3.05) is 20.1 Å². The molecule has 6 nitrogen and oxygen atoms in total. The Morgan fingerprint density at radius 3 is 2.75 bits per heavy atom. The van der Waals surface area contributed by atoms with E-state index < -0.39 is 5.60 Å². The van der Waals surface area contributed by atoms with Crippen LogP contribution >= 0.6 is 0 Å². The second-order valence-corrected chi connectivity index (χ2v) is 6.63. The molecule has 0 aliphatic carbocycles. The number of aliphatic hydroxyl groups is 1. The lowest BCUT2D eigenvalue weighted by Crippen LogP contribution is -2.39. The third-order valence-electron chi connectivity index (χ3n) is 5.44. The maximum absolute atomic E-state index is 10.5. The summed E-state index contributed by atoms with van der Waals surface area (Å²) in [5, 5.41) is 17.8. The van der Waals surface area contributed by atoms with Crippen LogP contribution in [-0.2, 0) is 5.60 Å². The molecule has 3 fully saturated rings. The summed E-state index contributed by atoms with van der Waals surface area (Å²) in [5.41, 5.74) is -0.963. The molecule has 3 atom stereocenters. The van der Waals surface area contributed by atoms with Crippen LogP contribution in [0.1, 0.15) is 49.7 Å². The van der Waals surface area contributed by atoms with Crippen LogP contribution in [0.5, 0.6) is 0 Å². The van der Waals surface area contributed by atoms with Crippen LogP contribution in [-0.4, -0.2) is 52.4 Å². The Kier molecular flexibility index (Phi) is 2.87. The predicted molar refractivity (Wildman–Crippen MR) is 72.2 cm³/mol. The van der Waals surface area contributed by atoms with Gasteiger partial charge in [-0.3, -0.25) is 0 Å². The van der Waals surface area contributed by atoms with Gasteiger partial charge in [-0.25, -0.2) is 0 Å². The lowest BCUT2D eigenvalue weighted by atomic mass is 9.90. The van der Waals surface area contributed by atoms with Crippen molar-refractivity contribution in [2.24, 2.45) is 0 Å². The molecule has 0 saturated carbocycles. The third kappa shape index (κ3) is 1.89. The van der Waals surface area contributed by atoms with Gasteiger partial charge in [0.15, 0.2) is 11.4 Å². The molecular weight excluding hydrogens is 256 g/mol. The van der Waals surface area contributed by atoms with Crippen molar-refractivity contribution in [3.8, 4) is 0 Å². The van der Waals surface area contributed by atoms with Gasteiger partial charge in [0.05, 0.1) is 0 Å². The number of nitrogens with zero attached hydrogens (tertiary/aromatic N) is 3. The monoisotopic (exact) mass is 278 g/mol. The maximum Gasteiger partial charge on any atom is 0.259 e. The molecule has 1 aromatic heterocycles. The zero-order valence-corrected chi connectivity index (χ0v) is 11.9. The van der Waals surface area contributed by atoms with Gasteiger partial charge in [-0.05, 0) is 45.7 Å². The van der Waals surface area contributed by atoms with Crippen LogP contribution in [0.3, 0.4) is 0 Å². The molecule has 0 amide bonds. The van der Waals surface area contributed by atoms with E-state index in [1.54, 1.807) is 0 Å². The Morgan fingerprint density at radius 1 is 1.35 bits per heavy atom. The van der Waals surface area contributed by atoms with Crippen LogP contribution in [0, 0.1) is 0 Å². The molecule has 4 rings (SSSR count). The van der Waals surface area contributed by atoms with Gasteiger partial charge < -0.3 is 19.8 Å². The highest BCUT2D eigenvalue weighted by molar-refractivity contribution is 5.09. The molecular formula is C14H22N4O2. The van der Waals surface area contributed by atoms with Gasteiger partial charge in [0.25, 0.3) is 5.89 Å². The summed E-state index contributed by atoms with van der Waals surface area (Å²) in [5.74, 6) is 1.58. The number of β-amino-alcohol motifs (C(OH)–C–C–N with tert-alkyl or cyclic N) is 1. The van der Waals surface area contributed by atoms with Crippen molar-refractivity contribution in [3.63, 3.8) is 0 Å². The van der Waals surface area contributed by atoms with E-state index in [2.05, 4.69) is 27.4 Å². The standard InChI is InChI=1S/C14H22N4O2/c1-18-10-2-3-11(18)7-9(6-10)12-16-13(20-17-12)14(19)4-5-15-8-14/h9-11,15,19H,2-8H2,1H3. The quantitative estimate of drug-likeness (QED) is 0.825. The van der Waals surface area contributed by atoms with E-state index >= 15 is 0 Å². The Balaban J connectivity index is 1.54. The van der Waals surface area contributed by atoms with Crippen molar-refractivity contribution < 1.29 is 9.63 Å². The summed E-state index contributed by atoms with van der Waals surface area (Å²) in [6.07, 6.45) is 5.45. The average Bonchev–Trinajstić information content (AvgIpc) is 3.11. The van der Waals surface area contributed by atoms with Crippen LogP contribution in [0.4, 0.5) is 0 Å². The Hall–Kier alpha value is -0.980. The summed E-state index contributed by atoms with van der Waals surface area (Å²) < 4.78 is 5.36. The summed E-state index contributed by atoms with van der Waals surface area (Å²) in [6, 6.07) is 1.33. The molecule has 3 aliphatic heterocycles. The van der Waals surface area contributed by atoms with Gasteiger partial charge in [-0.2, -0.15) is 4.98 Å². The lowest BCUT2D eigenvalue weighted by molar-refractivity contribution is 0.0242. The van der Waals surface area contributed by atoms with Gasteiger partial charge in [0, 0.05) is 24.5 Å². The highest BCUT2D eigenvalue weighted by Crippen LogP contribution is 2.41. The highest BCUT2D eigenvalue weighted by atomic mass is 16.5.